The zero-order valence-electron chi connectivity index (χ0n) is 15.1. The molecule has 0 saturated heterocycles. The Hall–Kier alpha value is -3.41. The first-order valence-electron chi connectivity index (χ1n) is 8.20. The number of ether oxygens (including phenoxy) is 1. The van der Waals surface area contributed by atoms with Gasteiger partial charge in [-0.25, -0.2) is 13.1 Å². The summed E-state index contributed by atoms with van der Waals surface area (Å²) >= 11 is 5.90. The highest BCUT2D eigenvalue weighted by atomic mass is 35.5. The van der Waals surface area contributed by atoms with Crippen LogP contribution in [0.25, 0.3) is 11.1 Å². The van der Waals surface area contributed by atoms with Gasteiger partial charge >= 0.3 is 0 Å². The second kappa shape index (κ2) is 8.31. The maximum absolute atomic E-state index is 12.3. The van der Waals surface area contributed by atoms with Crippen LogP contribution < -0.4 is 9.46 Å². The number of benzene rings is 2. The van der Waals surface area contributed by atoms with Gasteiger partial charge < -0.3 is 4.74 Å². The van der Waals surface area contributed by atoms with Crippen molar-refractivity contribution in [2.75, 3.05) is 6.26 Å². The Morgan fingerprint density at radius 1 is 1.14 bits per heavy atom. The molecule has 0 bridgehead atoms. The number of nitriles is 1. The molecule has 1 N–H and O–H groups in total. The molecule has 0 aliphatic heterocycles. The third-order valence-corrected chi connectivity index (χ3v) is 4.55. The molecule has 7 nitrogen and oxygen atoms in total. The lowest BCUT2D eigenvalue weighted by molar-refractivity contribution is 0.0981. The van der Waals surface area contributed by atoms with Crippen LogP contribution in [0.4, 0.5) is 0 Å². The van der Waals surface area contributed by atoms with E-state index in [9.17, 15) is 13.2 Å². The van der Waals surface area contributed by atoms with Crippen molar-refractivity contribution >= 4 is 27.5 Å². The molecule has 1 amide bonds. The fourth-order valence-electron chi connectivity index (χ4n) is 2.49. The molecule has 0 spiro atoms. The molecule has 9 heteroatoms. The molecule has 1 aromatic heterocycles. The van der Waals surface area contributed by atoms with Crippen LogP contribution in [0, 0.1) is 11.3 Å². The number of pyridine rings is 1. The zero-order chi connectivity index (χ0) is 21.0. The van der Waals surface area contributed by atoms with E-state index in [0.29, 0.717) is 33.2 Å². The SMILES string of the molecule is CS(=O)(=O)NC(=O)c1ccc(Oc2ccc(Cl)cc2)c(-c2cncc(C#N)c2)c1. The molecule has 0 radical (unpaired) electrons. The number of halogens is 1. The van der Waals surface area contributed by atoms with Crippen LogP contribution in [0.5, 0.6) is 11.5 Å². The van der Waals surface area contributed by atoms with E-state index in [-0.39, 0.29) is 5.56 Å². The van der Waals surface area contributed by atoms with Crippen molar-refractivity contribution in [1.82, 2.24) is 9.71 Å². The van der Waals surface area contributed by atoms with E-state index in [1.165, 1.54) is 24.5 Å². The van der Waals surface area contributed by atoms with Crippen molar-refractivity contribution in [2.45, 2.75) is 0 Å². The summed E-state index contributed by atoms with van der Waals surface area (Å²) in [5, 5.41) is 9.70. The highest BCUT2D eigenvalue weighted by Gasteiger charge is 2.16. The quantitative estimate of drug-likeness (QED) is 0.664. The Labute approximate surface area is 172 Å². The van der Waals surface area contributed by atoms with Gasteiger partial charge in [0.2, 0.25) is 10.0 Å². The average molecular weight is 428 g/mol. The molecule has 3 aromatic rings. The lowest BCUT2D eigenvalue weighted by Crippen LogP contribution is -2.29. The number of hydrogen-bond acceptors (Lipinski definition) is 6. The summed E-state index contributed by atoms with van der Waals surface area (Å²) in [6, 6.07) is 14.8. The van der Waals surface area contributed by atoms with Crippen molar-refractivity contribution in [2.24, 2.45) is 0 Å². The number of nitrogens with zero attached hydrogens (tertiary/aromatic N) is 2. The van der Waals surface area contributed by atoms with Gasteiger partial charge in [-0.05, 0) is 48.5 Å². The van der Waals surface area contributed by atoms with Gasteiger partial charge in [0.25, 0.3) is 5.91 Å². The number of rotatable bonds is 5. The van der Waals surface area contributed by atoms with Gasteiger partial charge in [0.15, 0.2) is 0 Å². The second-order valence-corrected chi connectivity index (χ2v) is 8.23. The van der Waals surface area contributed by atoms with Crippen LogP contribution in [0.1, 0.15) is 15.9 Å². The van der Waals surface area contributed by atoms with Crippen molar-refractivity contribution < 1.29 is 17.9 Å². The van der Waals surface area contributed by atoms with E-state index in [0.717, 1.165) is 6.26 Å². The lowest BCUT2D eigenvalue weighted by Gasteiger charge is -2.13. The third kappa shape index (κ3) is 5.31. The first-order chi connectivity index (χ1) is 13.7. The molecule has 0 aliphatic rings. The minimum Gasteiger partial charge on any atom is -0.457 e. The van der Waals surface area contributed by atoms with Gasteiger partial charge in [-0.15, -0.1) is 0 Å². The van der Waals surface area contributed by atoms with E-state index in [1.807, 2.05) is 10.8 Å². The Kier molecular flexibility index (Phi) is 5.82. The molecule has 1 heterocycles. The minimum absolute atomic E-state index is 0.108. The van der Waals surface area contributed by atoms with Crippen LogP contribution in [0.2, 0.25) is 5.02 Å². The summed E-state index contributed by atoms with van der Waals surface area (Å²) in [4.78, 5) is 16.3. The van der Waals surface area contributed by atoms with Gasteiger partial charge in [-0.3, -0.25) is 9.78 Å². The molecule has 29 heavy (non-hydrogen) atoms. The number of carbonyl (C=O) groups is 1. The fourth-order valence-corrected chi connectivity index (χ4v) is 3.07. The standard InChI is InChI=1S/C20H14ClN3O4S/c1-29(26,27)24-20(25)14-2-7-19(28-17-5-3-16(21)4-6-17)18(9-14)15-8-13(10-22)11-23-12-15/h2-9,11-12H,1H3,(H,24,25). The van der Waals surface area contributed by atoms with Gasteiger partial charge in [-0.1, -0.05) is 11.6 Å². The summed E-state index contributed by atoms with van der Waals surface area (Å²) in [6.45, 7) is 0. The first-order valence-corrected chi connectivity index (χ1v) is 10.5. The molecule has 146 valence electrons. The van der Waals surface area contributed by atoms with Crippen LogP contribution in [-0.4, -0.2) is 25.6 Å². The molecule has 0 aliphatic carbocycles. The first kappa shape index (κ1) is 20.3. The second-order valence-electron chi connectivity index (χ2n) is 6.04. The summed E-state index contributed by atoms with van der Waals surface area (Å²) in [7, 11) is -3.72. The predicted octanol–water partition coefficient (Wildman–Crippen LogP) is 3.76. The van der Waals surface area contributed by atoms with Crippen molar-refractivity contribution in [3.8, 4) is 28.7 Å². The Balaban J connectivity index is 2.08. The lowest BCUT2D eigenvalue weighted by atomic mass is 10.0. The maximum Gasteiger partial charge on any atom is 0.264 e. The van der Waals surface area contributed by atoms with E-state index in [1.54, 1.807) is 36.4 Å². The largest absolute Gasteiger partial charge is 0.457 e. The van der Waals surface area contributed by atoms with E-state index in [4.69, 9.17) is 21.6 Å². The van der Waals surface area contributed by atoms with Gasteiger partial charge in [-0.2, -0.15) is 5.26 Å². The van der Waals surface area contributed by atoms with Gasteiger partial charge in [0.05, 0.1) is 11.8 Å². The smallest absolute Gasteiger partial charge is 0.264 e. The Morgan fingerprint density at radius 3 is 2.52 bits per heavy atom. The zero-order valence-corrected chi connectivity index (χ0v) is 16.7. The Morgan fingerprint density at radius 2 is 1.86 bits per heavy atom. The monoisotopic (exact) mass is 427 g/mol. The summed E-state index contributed by atoms with van der Waals surface area (Å²) < 4.78 is 30.6. The molecule has 0 fully saturated rings. The molecule has 0 saturated carbocycles. The molecule has 2 aromatic carbocycles. The highest BCUT2D eigenvalue weighted by molar-refractivity contribution is 7.89. The number of nitrogens with one attached hydrogen (secondary N) is 1. The molecular formula is C20H14ClN3O4S. The molecule has 0 atom stereocenters. The molecule has 0 unspecified atom stereocenters. The van der Waals surface area contributed by atoms with Crippen LogP contribution >= 0.6 is 11.6 Å². The van der Waals surface area contributed by atoms with Crippen molar-refractivity contribution in [1.29, 1.82) is 5.26 Å². The number of carbonyl (C=O) groups excluding carboxylic acids is 1. The van der Waals surface area contributed by atoms with E-state index in [2.05, 4.69) is 4.98 Å². The predicted molar refractivity (Wildman–Crippen MR) is 108 cm³/mol. The summed E-state index contributed by atoms with van der Waals surface area (Å²) in [5.41, 5.74) is 1.43. The van der Waals surface area contributed by atoms with Crippen LogP contribution in [0.15, 0.2) is 60.9 Å². The number of sulfonamides is 1. The van der Waals surface area contributed by atoms with E-state index < -0.39 is 15.9 Å². The summed E-state index contributed by atoms with van der Waals surface area (Å²) in [5.74, 6) is 0.115. The molecule has 3 rings (SSSR count). The topological polar surface area (TPSA) is 109 Å². The number of hydrogen-bond donors (Lipinski definition) is 1. The average Bonchev–Trinajstić information content (AvgIpc) is 2.68. The summed E-state index contributed by atoms with van der Waals surface area (Å²) in [6.07, 6.45) is 3.82. The normalized spacial score (nSPS) is 10.8. The molecular weight excluding hydrogens is 414 g/mol. The van der Waals surface area contributed by atoms with Crippen LogP contribution in [0.3, 0.4) is 0 Å². The highest BCUT2D eigenvalue weighted by Crippen LogP contribution is 2.34. The maximum atomic E-state index is 12.3. The van der Waals surface area contributed by atoms with Crippen molar-refractivity contribution in [3.05, 3.63) is 77.1 Å². The van der Waals surface area contributed by atoms with Crippen LogP contribution in [-0.2, 0) is 10.0 Å². The minimum atomic E-state index is -3.72. The van der Waals surface area contributed by atoms with Gasteiger partial charge in [0, 0.05) is 34.1 Å². The third-order valence-electron chi connectivity index (χ3n) is 3.74. The van der Waals surface area contributed by atoms with E-state index >= 15 is 0 Å². The number of amides is 1. The van der Waals surface area contributed by atoms with Crippen molar-refractivity contribution in [3.63, 3.8) is 0 Å². The number of aromatic nitrogens is 1. The fraction of sp³-hybridized carbons (Fsp3) is 0.0500. The Bertz CT molecular complexity index is 1220. The van der Waals surface area contributed by atoms with Gasteiger partial charge in [0.1, 0.15) is 17.6 Å².